The van der Waals surface area contributed by atoms with Gasteiger partial charge in [0.05, 0.1) is 12.1 Å². The van der Waals surface area contributed by atoms with Gasteiger partial charge in [-0.25, -0.2) is 0 Å². The molecule has 0 aromatic rings. The third-order valence-corrected chi connectivity index (χ3v) is 4.77. The number of hydrogen-bond donors (Lipinski definition) is 2. The maximum Gasteiger partial charge on any atom is 0.0788 e. The molecule has 1 aliphatic rings. The summed E-state index contributed by atoms with van der Waals surface area (Å²) < 4.78 is 5.74. The number of rotatable bonds is 4. The smallest absolute Gasteiger partial charge is 0.0788 e. The third-order valence-electron chi connectivity index (χ3n) is 4.77. The zero-order valence-electron chi connectivity index (χ0n) is 13.0. The molecule has 3 heteroatoms. The molecule has 108 valence electrons. The second-order valence-corrected chi connectivity index (χ2v) is 7.24. The lowest BCUT2D eigenvalue weighted by Gasteiger charge is -2.43. The van der Waals surface area contributed by atoms with Crippen LogP contribution in [0.5, 0.6) is 0 Å². The summed E-state index contributed by atoms with van der Waals surface area (Å²) in [4.78, 5) is 0. The predicted molar refractivity (Wildman–Crippen MR) is 77.0 cm³/mol. The summed E-state index contributed by atoms with van der Waals surface area (Å²) in [5.41, 5.74) is 3.15. The fourth-order valence-corrected chi connectivity index (χ4v) is 3.42. The number of nitrogens with two attached hydrogens (primary N) is 1. The molecular formula is C15H32N2O. The summed E-state index contributed by atoms with van der Waals surface area (Å²) in [6.45, 7) is 11.4. The van der Waals surface area contributed by atoms with E-state index in [4.69, 9.17) is 10.6 Å². The standard InChI is InChI=1S/C15H32N2O/c1-10-7-8-12(9-11(10)2)13(17-16)14(18-6)15(3,4)5/h10-14,17H,7-9,16H2,1-6H3. The molecule has 0 aromatic carbocycles. The number of nitrogens with one attached hydrogen (secondary N) is 1. The van der Waals surface area contributed by atoms with E-state index in [0.717, 1.165) is 11.8 Å². The molecule has 18 heavy (non-hydrogen) atoms. The summed E-state index contributed by atoms with van der Waals surface area (Å²) in [5, 5.41) is 0. The van der Waals surface area contributed by atoms with Crippen LogP contribution in [0.3, 0.4) is 0 Å². The van der Waals surface area contributed by atoms with Gasteiger partial charge in [-0.05, 0) is 36.0 Å². The fraction of sp³-hybridized carbons (Fsp3) is 1.00. The molecule has 1 rings (SSSR count). The van der Waals surface area contributed by atoms with Crippen LogP contribution in [0.4, 0.5) is 0 Å². The lowest BCUT2D eigenvalue weighted by molar-refractivity contribution is -0.0362. The fourth-order valence-electron chi connectivity index (χ4n) is 3.42. The molecule has 1 saturated carbocycles. The van der Waals surface area contributed by atoms with Crippen LogP contribution < -0.4 is 11.3 Å². The van der Waals surface area contributed by atoms with Gasteiger partial charge in [0.25, 0.3) is 0 Å². The molecule has 0 amide bonds. The minimum Gasteiger partial charge on any atom is -0.379 e. The van der Waals surface area contributed by atoms with Crippen molar-refractivity contribution in [2.75, 3.05) is 7.11 Å². The number of ether oxygens (including phenoxy) is 1. The quantitative estimate of drug-likeness (QED) is 0.600. The van der Waals surface area contributed by atoms with E-state index in [0.29, 0.717) is 5.92 Å². The molecule has 0 radical (unpaired) electrons. The maximum absolute atomic E-state index is 5.83. The Kier molecular flexibility index (Phi) is 5.63. The topological polar surface area (TPSA) is 47.3 Å². The molecule has 0 saturated heterocycles. The Morgan fingerprint density at radius 1 is 1.17 bits per heavy atom. The lowest BCUT2D eigenvalue weighted by Crippen LogP contribution is -2.55. The van der Waals surface area contributed by atoms with Crippen LogP contribution in [-0.2, 0) is 4.74 Å². The average Bonchev–Trinajstić information content (AvgIpc) is 2.28. The normalized spacial score (nSPS) is 33.2. The van der Waals surface area contributed by atoms with Crippen molar-refractivity contribution in [3.63, 3.8) is 0 Å². The van der Waals surface area contributed by atoms with Gasteiger partial charge >= 0.3 is 0 Å². The van der Waals surface area contributed by atoms with E-state index in [-0.39, 0.29) is 17.6 Å². The highest BCUT2D eigenvalue weighted by molar-refractivity contribution is 4.92. The molecule has 0 heterocycles. The van der Waals surface area contributed by atoms with Gasteiger partial charge in [0.15, 0.2) is 0 Å². The van der Waals surface area contributed by atoms with E-state index in [1.165, 1.54) is 19.3 Å². The second kappa shape index (κ2) is 6.36. The molecule has 5 unspecified atom stereocenters. The largest absolute Gasteiger partial charge is 0.379 e. The minimum absolute atomic E-state index is 0.109. The van der Waals surface area contributed by atoms with E-state index in [2.05, 4.69) is 40.0 Å². The van der Waals surface area contributed by atoms with Gasteiger partial charge < -0.3 is 4.74 Å². The first-order valence-corrected chi connectivity index (χ1v) is 7.30. The van der Waals surface area contributed by atoms with Crippen molar-refractivity contribution in [1.82, 2.24) is 5.43 Å². The van der Waals surface area contributed by atoms with Crippen LogP contribution in [0.25, 0.3) is 0 Å². The van der Waals surface area contributed by atoms with Crippen molar-refractivity contribution in [1.29, 1.82) is 0 Å². The Morgan fingerprint density at radius 2 is 1.78 bits per heavy atom. The van der Waals surface area contributed by atoms with Crippen LogP contribution in [0.1, 0.15) is 53.9 Å². The molecule has 0 bridgehead atoms. The van der Waals surface area contributed by atoms with Crippen molar-refractivity contribution in [2.24, 2.45) is 29.0 Å². The summed E-state index contributed by atoms with van der Waals surface area (Å²) >= 11 is 0. The van der Waals surface area contributed by atoms with Crippen LogP contribution in [-0.4, -0.2) is 19.3 Å². The van der Waals surface area contributed by atoms with Gasteiger partial charge in [0.2, 0.25) is 0 Å². The van der Waals surface area contributed by atoms with Crippen LogP contribution in [0.2, 0.25) is 0 Å². The highest BCUT2D eigenvalue weighted by Gasteiger charge is 2.39. The second-order valence-electron chi connectivity index (χ2n) is 7.24. The van der Waals surface area contributed by atoms with Crippen molar-refractivity contribution < 1.29 is 4.74 Å². The molecule has 5 atom stereocenters. The van der Waals surface area contributed by atoms with Gasteiger partial charge in [0.1, 0.15) is 0 Å². The van der Waals surface area contributed by atoms with Gasteiger partial charge in [-0.1, -0.05) is 41.0 Å². The number of hydrogen-bond acceptors (Lipinski definition) is 3. The van der Waals surface area contributed by atoms with E-state index < -0.39 is 0 Å². The maximum atomic E-state index is 5.83. The van der Waals surface area contributed by atoms with Gasteiger partial charge in [0, 0.05) is 7.11 Å². The molecule has 1 fully saturated rings. The lowest BCUT2D eigenvalue weighted by atomic mass is 9.69. The predicted octanol–water partition coefficient (Wildman–Crippen LogP) is 2.95. The summed E-state index contributed by atoms with van der Waals surface area (Å²) in [5.74, 6) is 8.09. The van der Waals surface area contributed by atoms with Crippen LogP contribution in [0, 0.1) is 23.2 Å². The van der Waals surface area contributed by atoms with Gasteiger partial charge in [-0.3, -0.25) is 11.3 Å². The average molecular weight is 256 g/mol. The molecule has 3 nitrogen and oxygen atoms in total. The Balaban J connectivity index is 2.76. The molecule has 0 aliphatic heterocycles. The van der Waals surface area contributed by atoms with Crippen molar-refractivity contribution >= 4 is 0 Å². The third kappa shape index (κ3) is 3.69. The van der Waals surface area contributed by atoms with E-state index >= 15 is 0 Å². The zero-order valence-corrected chi connectivity index (χ0v) is 13.0. The highest BCUT2D eigenvalue weighted by Crippen LogP contribution is 2.38. The first kappa shape index (κ1) is 15.9. The zero-order chi connectivity index (χ0) is 13.9. The Hall–Kier alpha value is -0.120. The Labute approximate surface area is 113 Å². The minimum atomic E-state index is 0.109. The van der Waals surface area contributed by atoms with Crippen LogP contribution >= 0.6 is 0 Å². The summed E-state index contributed by atoms with van der Waals surface area (Å²) in [7, 11) is 1.80. The Morgan fingerprint density at radius 3 is 2.17 bits per heavy atom. The van der Waals surface area contributed by atoms with Crippen molar-refractivity contribution in [2.45, 2.75) is 66.0 Å². The SMILES string of the molecule is COC(C(NN)C1CCC(C)C(C)C1)C(C)(C)C. The first-order valence-electron chi connectivity index (χ1n) is 7.30. The molecule has 1 aliphatic carbocycles. The highest BCUT2D eigenvalue weighted by atomic mass is 16.5. The molecule has 0 spiro atoms. The summed E-state index contributed by atoms with van der Waals surface area (Å²) in [6, 6.07) is 0.255. The van der Waals surface area contributed by atoms with E-state index in [1.807, 2.05) is 0 Å². The number of methoxy groups -OCH3 is 1. The molecular weight excluding hydrogens is 224 g/mol. The van der Waals surface area contributed by atoms with Crippen molar-refractivity contribution in [3.05, 3.63) is 0 Å². The van der Waals surface area contributed by atoms with Gasteiger partial charge in [-0.2, -0.15) is 0 Å². The number of hydrazine groups is 1. The Bertz CT molecular complexity index is 249. The van der Waals surface area contributed by atoms with E-state index in [1.54, 1.807) is 7.11 Å². The monoisotopic (exact) mass is 256 g/mol. The summed E-state index contributed by atoms with van der Waals surface area (Å²) in [6.07, 6.45) is 3.99. The first-order chi connectivity index (χ1) is 8.31. The molecule has 0 aromatic heterocycles. The van der Waals surface area contributed by atoms with Crippen LogP contribution in [0.15, 0.2) is 0 Å². The molecule has 3 N–H and O–H groups in total. The van der Waals surface area contributed by atoms with Crippen molar-refractivity contribution in [3.8, 4) is 0 Å². The van der Waals surface area contributed by atoms with E-state index in [9.17, 15) is 0 Å². The van der Waals surface area contributed by atoms with Gasteiger partial charge in [-0.15, -0.1) is 0 Å².